The monoisotopic (exact) mass is 206 g/mol. The normalized spacial score (nSPS) is 22.7. The zero-order valence-electron chi connectivity index (χ0n) is 9.36. The van der Waals surface area contributed by atoms with Crippen LogP contribution < -0.4 is 5.32 Å². The van der Waals surface area contributed by atoms with Crippen molar-refractivity contribution in [2.45, 2.75) is 26.3 Å². The van der Waals surface area contributed by atoms with Crippen LogP contribution in [-0.4, -0.2) is 24.2 Å². The topological polar surface area (TPSA) is 34.2 Å². The molecule has 0 bridgehead atoms. The van der Waals surface area contributed by atoms with Gasteiger partial charge in [-0.1, -0.05) is 0 Å². The molecule has 1 N–H and O–H groups in total. The molecule has 1 aliphatic heterocycles. The summed E-state index contributed by atoms with van der Waals surface area (Å²) in [4.78, 5) is 4.13. The first-order valence-corrected chi connectivity index (χ1v) is 5.52. The van der Waals surface area contributed by atoms with Crippen LogP contribution in [0.4, 0.5) is 5.69 Å². The Morgan fingerprint density at radius 1 is 1.60 bits per heavy atom. The second-order valence-corrected chi connectivity index (χ2v) is 4.25. The Bertz CT molecular complexity index is 321. The minimum absolute atomic E-state index is 0.454. The quantitative estimate of drug-likeness (QED) is 0.823. The maximum absolute atomic E-state index is 5.39. The summed E-state index contributed by atoms with van der Waals surface area (Å²) in [7, 11) is 0. The third-order valence-electron chi connectivity index (χ3n) is 3.09. The predicted molar refractivity (Wildman–Crippen MR) is 61.0 cm³/mol. The third-order valence-corrected chi connectivity index (χ3v) is 3.09. The molecule has 82 valence electrons. The van der Waals surface area contributed by atoms with Crippen LogP contribution in [0.25, 0.3) is 0 Å². The molecule has 1 aromatic rings. The Morgan fingerprint density at radius 2 is 2.47 bits per heavy atom. The van der Waals surface area contributed by atoms with Gasteiger partial charge in [-0.2, -0.15) is 0 Å². The van der Waals surface area contributed by atoms with Crippen molar-refractivity contribution in [3.8, 4) is 0 Å². The summed E-state index contributed by atoms with van der Waals surface area (Å²) in [5.41, 5.74) is 2.38. The zero-order valence-corrected chi connectivity index (χ0v) is 9.36. The summed E-state index contributed by atoms with van der Waals surface area (Å²) in [5.74, 6) is 0.629. The molecule has 0 amide bonds. The smallest absolute Gasteiger partial charge is 0.0558 e. The highest BCUT2D eigenvalue weighted by Gasteiger charge is 2.22. The van der Waals surface area contributed by atoms with E-state index in [-0.39, 0.29) is 0 Å². The van der Waals surface area contributed by atoms with Crippen LogP contribution in [-0.2, 0) is 4.74 Å². The maximum atomic E-state index is 5.39. The average molecular weight is 206 g/mol. The molecule has 2 unspecified atom stereocenters. The fraction of sp³-hybridized carbons (Fsp3) is 0.583. The van der Waals surface area contributed by atoms with Gasteiger partial charge in [0.2, 0.25) is 0 Å². The van der Waals surface area contributed by atoms with Crippen LogP contribution in [0.5, 0.6) is 0 Å². The van der Waals surface area contributed by atoms with Crippen LogP contribution in [0.15, 0.2) is 18.5 Å². The highest BCUT2D eigenvalue weighted by molar-refractivity contribution is 5.48. The van der Waals surface area contributed by atoms with Gasteiger partial charge in [0.05, 0.1) is 18.5 Å². The van der Waals surface area contributed by atoms with Gasteiger partial charge in [0, 0.05) is 24.8 Å². The van der Waals surface area contributed by atoms with Gasteiger partial charge in [0.25, 0.3) is 0 Å². The van der Waals surface area contributed by atoms with Crippen molar-refractivity contribution in [3.63, 3.8) is 0 Å². The number of aromatic nitrogens is 1. The first kappa shape index (κ1) is 10.4. The molecule has 2 heterocycles. The largest absolute Gasteiger partial charge is 0.381 e. The Hall–Kier alpha value is -1.09. The van der Waals surface area contributed by atoms with E-state index in [1.165, 1.54) is 5.56 Å². The lowest BCUT2D eigenvalue weighted by atomic mass is 10.0. The molecule has 0 saturated carbocycles. The van der Waals surface area contributed by atoms with Gasteiger partial charge in [0.1, 0.15) is 0 Å². The highest BCUT2D eigenvalue weighted by Crippen LogP contribution is 2.21. The van der Waals surface area contributed by atoms with E-state index in [2.05, 4.69) is 24.1 Å². The SMILES string of the molecule is Cc1ccncc1NC(C)C1CCOC1. The van der Waals surface area contributed by atoms with Crippen LogP contribution in [0.2, 0.25) is 0 Å². The molecule has 1 fully saturated rings. The van der Waals surface area contributed by atoms with Gasteiger partial charge < -0.3 is 10.1 Å². The Morgan fingerprint density at radius 3 is 3.13 bits per heavy atom. The van der Waals surface area contributed by atoms with Crippen molar-refractivity contribution in [1.29, 1.82) is 0 Å². The van der Waals surface area contributed by atoms with E-state index in [0.717, 1.165) is 25.3 Å². The third kappa shape index (κ3) is 2.48. The molecule has 0 radical (unpaired) electrons. The van der Waals surface area contributed by atoms with Crippen molar-refractivity contribution in [1.82, 2.24) is 4.98 Å². The van der Waals surface area contributed by atoms with Crippen molar-refractivity contribution in [3.05, 3.63) is 24.0 Å². The van der Waals surface area contributed by atoms with Crippen molar-refractivity contribution >= 4 is 5.69 Å². The van der Waals surface area contributed by atoms with Crippen LogP contribution in [0.3, 0.4) is 0 Å². The summed E-state index contributed by atoms with van der Waals surface area (Å²) < 4.78 is 5.39. The van der Waals surface area contributed by atoms with Crippen molar-refractivity contribution in [2.24, 2.45) is 5.92 Å². The van der Waals surface area contributed by atoms with E-state index in [0.29, 0.717) is 12.0 Å². The molecule has 15 heavy (non-hydrogen) atoms. The Labute approximate surface area is 90.9 Å². The molecule has 1 saturated heterocycles. The van der Waals surface area contributed by atoms with Crippen molar-refractivity contribution < 1.29 is 4.74 Å². The number of rotatable bonds is 3. The lowest BCUT2D eigenvalue weighted by molar-refractivity contribution is 0.183. The fourth-order valence-corrected chi connectivity index (χ4v) is 1.93. The van der Waals surface area contributed by atoms with E-state index in [4.69, 9.17) is 4.74 Å². The molecule has 0 spiro atoms. The summed E-state index contributed by atoms with van der Waals surface area (Å²) in [6.07, 6.45) is 4.87. The number of ether oxygens (including phenoxy) is 1. The molecule has 1 aliphatic rings. The first-order valence-electron chi connectivity index (χ1n) is 5.52. The number of nitrogens with zero attached hydrogens (tertiary/aromatic N) is 1. The molecular formula is C12H18N2O. The van der Waals surface area contributed by atoms with Gasteiger partial charge in [-0.15, -0.1) is 0 Å². The number of nitrogens with one attached hydrogen (secondary N) is 1. The summed E-state index contributed by atoms with van der Waals surface area (Å²) in [6, 6.07) is 2.48. The van der Waals surface area contributed by atoms with Gasteiger partial charge >= 0.3 is 0 Å². The fourth-order valence-electron chi connectivity index (χ4n) is 1.93. The minimum atomic E-state index is 0.454. The van der Waals surface area contributed by atoms with E-state index < -0.39 is 0 Å². The molecular weight excluding hydrogens is 188 g/mol. The number of anilines is 1. The predicted octanol–water partition coefficient (Wildman–Crippen LogP) is 2.23. The Kier molecular flexibility index (Phi) is 3.21. The molecule has 3 nitrogen and oxygen atoms in total. The molecule has 2 atom stereocenters. The van der Waals surface area contributed by atoms with E-state index in [1.54, 1.807) is 0 Å². The average Bonchev–Trinajstić information content (AvgIpc) is 2.74. The van der Waals surface area contributed by atoms with E-state index >= 15 is 0 Å². The van der Waals surface area contributed by atoms with E-state index in [9.17, 15) is 0 Å². The van der Waals surface area contributed by atoms with Gasteiger partial charge in [-0.3, -0.25) is 4.98 Å². The number of pyridine rings is 1. The first-order chi connectivity index (χ1) is 7.27. The van der Waals surface area contributed by atoms with Crippen molar-refractivity contribution in [2.75, 3.05) is 18.5 Å². The lowest BCUT2D eigenvalue weighted by Gasteiger charge is -2.21. The zero-order chi connectivity index (χ0) is 10.7. The van der Waals surface area contributed by atoms with E-state index in [1.807, 2.05) is 18.5 Å². The molecule has 0 aromatic carbocycles. The molecule has 3 heteroatoms. The standard InChI is InChI=1S/C12H18N2O/c1-9-3-5-13-7-12(9)14-10(2)11-4-6-15-8-11/h3,5,7,10-11,14H,4,6,8H2,1-2H3. The summed E-state index contributed by atoms with van der Waals surface area (Å²) in [6.45, 7) is 6.10. The number of aryl methyl sites for hydroxylation is 1. The summed E-state index contributed by atoms with van der Waals surface area (Å²) >= 11 is 0. The van der Waals surface area contributed by atoms with Gasteiger partial charge in [-0.25, -0.2) is 0 Å². The second-order valence-electron chi connectivity index (χ2n) is 4.25. The van der Waals surface area contributed by atoms with Crippen LogP contribution >= 0.6 is 0 Å². The second kappa shape index (κ2) is 4.62. The van der Waals surface area contributed by atoms with Crippen LogP contribution in [0, 0.1) is 12.8 Å². The highest BCUT2D eigenvalue weighted by atomic mass is 16.5. The molecule has 2 rings (SSSR count). The lowest BCUT2D eigenvalue weighted by Crippen LogP contribution is -2.26. The Balaban J connectivity index is 1.99. The van der Waals surface area contributed by atoms with Gasteiger partial charge in [-0.05, 0) is 31.9 Å². The molecule has 1 aromatic heterocycles. The maximum Gasteiger partial charge on any atom is 0.0558 e. The number of hydrogen-bond acceptors (Lipinski definition) is 3. The van der Waals surface area contributed by atoms with Crippen LogP contribution in [0.1, 0.15) is 18.9 Å². The minimum Gasteiger partial charge on any atom is -0.381 e. The molecule has 0 aliphatic carbocycles. The summed E-state index contributed by atoms with van der Waals surface area (Å²) in [5, 5.41) is 3.51. The number of hydrogen-bond donors (Lipinski definition) is 1. The van der Waals surface area contributed by atoms with Gasteiger partial charge in [0.15, 0.2) is 0 Å².